The lowest BCUT2D eigenvalue weighted by Gasteiger charge is -2.19. The van der Waals surface area contributed by atoms with E-state index in [4.69, 9.17) is 0 Å². The van der Waals surface area contributed by atoms with E-state index in [1.165, 1.54) is 0 Å². The van der Waals surface area contributed by atoms with Crippen LogP contribution in [0.2, 0.25) is 0 Å². The summed E-state index contributed by atoms with van der Waals surface area (Å²) in [5, 5.41) is 0. The van der Waals surface area contributed by atoms with Crippen LogP contribution in [0.1, 0.15) is 48.4 Å². The minimum absolute atomic E-state index is 0.0216. The van der Waals surface area contributed by atoms with E-state index >= 15 is 0 Å². The molecule has 0 heterocycles. The number of alkyl halides is 1. The van der Waals surface area contributed by atoms with Crippen LogP contribution in [0.4, 0.5) is 4.39 Å². The van der Waals surface area contributed by atoms with Gasteiger partial charge in [-0.2, -0.15) is 0 Å². The van der Waals surface area contributed by atoms with E-state index in [1.54, 1.807) is 36.4 Å². The maximum Gasteiger partial charge on any atom is 0.201 e. The zero-order valence-electron chi connectivity index (χ0n) is 12.1. The lowest BCUT2D eigenvalue weighted by atomic mass is 9.86. The van der Waals surface area contributed by atoms with E-state index < -0.39 is 12.0 Å². The first-order valence-corrected chi connectivity index (χ1v) is 6.73. The van der Waals surface area contributed by atoms with Gasteiger partial charge < -0.3 is 0 Å². The Morgan fingerprint density at radius 2 is 1.50 bits per heavy atom. The lowest BCUT2D eigenvalue weighted by Crippen LogP contribution is -2.12. The first-order valence-electron chi connectivity index (χ1n) is 6.73. The minimum Gasteiger partial charge on any atom is -0.290 e. The second-order valence-corrected chi connectivity index (χ2v) is 5.96. The van der Waals surface area contributed by atoms with Crippen LogP contribution in [0.3, 0.4) is 0 Å². The minimum atomic E-state index is -1.61. The summed E-state index contributed by atoms with van der Waals surface area (Å²) in [7, 11) is 0. The summed E-state index contributed by atoms with van der Waals surface area (Å²) in [5.41, 5.74) is 1.96. The van der Waals surface area contributed by atoms with Crippen LogP contribution in [0.25, 0.3) is 0 Å². The third kappa shape index (κ3) is 3.13. The molecular weight excluding hydrogens is 251 g/mol. The number of ketones is 1. The molecule has 2 aromatic rings. The van der Waals surface area contributed by atoms with Gasteiger partial charge in [0.15, 0.2) is 6.17 Å². The zero-order valence-corrected chi connectivity index (χ0v) is 12.1. The molecule has 2 rings (SSSR count). The number of carbonyl (C=O) groups is 1. The monoisotopic (exact) mass is 270 g/mol. The molecule has 104 valence electrons. The summed E-state index contributed by atoms with van der Waals surface area (Å²) >= 11 is 0. The molecule has 1 nitrogen and oxygen atoms in total. The summed E-state index contributed by atoms with van der Waals surface area (Å²) in [4.78, 5) is 12.1. The van der Waals surface area contributed by atoms with Crippen molar-refractivity contribution in [3.05, 3.63) is 71.3 Å². The van der Waals surface area contributed by atoms with Crippen LogP contribution in [0, 0.1) is 0 Å². The summed E-state index contributed by atoms with van der Waals surface area (Å²) < 4.78 is 14.3. The Labute approximate surface area is 119 Å². The van der Waals surface area contributed by atoms with Gasteiger partial charge in [0.05, 0.1) is 0 Å². The Bertz CT molecular complexity index is 579. The lowest BCUT2D eigenvalue weighted by molar-refractivity contribution is 0.0878. The molecule has 0 radical (unpaired) electrons. The maximum absolute atomic E-state index is 14.3. The van der Waals surface area contributed by atoms with Gasteiger partial charge in [0.2, 0.25) is 5.78 Å². The third-order valence-electron chi connectivity index (χ3n) is 3.36. The van der Waals surface area contributed by atoms with Crippen molar-refractivity contribution in [3.8, 4) is 0 Å². The van der Waals surface area contributed by atoms with Crippen molar-refractivity contribution in [2.45, 2.75) is 32.4 Å². The normalized spacial score (nSPS) is 13.0. The molecule has 2 heteroatoms. The molecule has 0 aliphatic heterocycles. The zero-order chi connectivity index (χ0) is 14.8. The summed E-state index contributed by atoms with van der Waals surface area (Å²) in [6.45, 7) is 6.30. The highest BCUT2D eigenvalue weighted by molar-refractivity contribution is 5.99. The fourth-order valence-corrected chi connectivity index (χ4v) is 2.05. The molecule has 20 heavy (non-hydrogen) atoms. The fraction of sp³-hybridized carbons (Fsp3) is 0.278. The number of halogens is 1. The van der Waals surface area contributed by atoms with Gasteiger partial charge in [0.1, 0.15) is 0 Å². The average Bonchev–Trinajstić information content (AvgIpc) is 2.46. The van der Waals surface area contributed by atoms with Gasteiger partial charge in [0, 0.05) is 5.56 Å². The molecule has 0 aromatic heterocycles. The fourth-order valence-electron chi connectivity index (χ4n) is 2.05. The van der Waals surface area contributed by atoms with Crippen molar-refractivity contribution in [3.63, 3.8) is 0 Å². The number of rotatable bonds is 3. The highest BCUT2D eigenvalue weighted by Gasteiger charge is 2.22. The van der Waals surface area contributed by atoms with Crippen molar-refractivity contribution < 1.29 is 9.18 Å². The molecule has 1 unspecified atom stereocenters. The highest BCUT2D eigenvalue weighted by Crippen LogP contribution is 2.27. The van der Waals surface area contributed by atoms with E-state index in [0.717, 1.165) is 5.56 Å². The van der Waals surface area contributed by atoms with E-state index in [-0.39, 0.29) is 5.41 Å². The van der Waals surface area contributed by atoms with Crippen molar-refractivity contribution in [2.24, 2.45) is 0 Å². The number of hydrogen-bond acceptors (Lipinski definition) is 1. The predicted molar refractivity (Wildman–Crippen MR) is 79.8 cm³/mol. The molecule has 0 aliphatic carbocycles. The number of benzene rings is 2. The quantitative estimate of drug-likeness (QED) is 0.727. The molecule has 0 saturated carbocycles. The van der Waals surface area contributed by atoms with Crippen molar-refractivity contribution in [1.82, 2.24) is 0 Å². The predicted octanol–water partition coefficient (Wildman–Crippen LogP) is 4.88. The SMILES string of the molecule is CC(C)(C)c1ccc(C(F)C(=O)c2ccccc2)cc1. The highest BCUT2D eigenvalue weighted by atomic mass is 19.1. The van der Waals surface area contributed by atoms with Gasteiger partial charge in [-0.1, -0.05) is 75.4 Å². The van der Waals surface area contributed by atoms with Gasteiger partial charge >= 0.3 is 0 Å². The number of Topliss-reactive ketones (excluding diaryl/α,β-unsaturated/α-hetero) is 1. The molecule has 2 aromatic carbocycles. The topological polar surface area (TPSA) is 17.1 Å². The van der Waals surface area contributed by atoms with E-state index in [9.17, 15) is 9.18 Å². The van der Waals surface area contributed by atoms with Crippen LogP contribution < -0.4 is 0 Å². The Balaban J connectivity index is 2.22. The molecule has 0 spiro atoms. The number of carbonyl (C=O) groups excluding carboxylic acids is 1. The second kappa shape index (κ2) is 5.58. The summed E-state index contributed by atoms with van der Waals surface area (Å²) in [6, 6.07) is 15.7. The standard InChI is InChI=1S/C18H19FO/c1-18(2,3)15-11-9-13(10-12-15)16(19)17(20)14-7-5-4-6-8-14/h4-12,16H,1-3H3. The van der Waals surface area contributed by atoms with Crippen molar-refractivity contribution >= 4 is 5.78 Å². The van der Waals surface area contributed by atoms with E-state index in [0.29, 0.717) is 11.1 Å². The largest absolute Gasteiger partial charge is 0.290 e. The van der Waals surface area contributed by atoms with Crippen LogP contribution in [-0.2, 0) is 5.41 Å². The van der Waals surface area contributed by atoms with Crippen molar-refractivity contribution in [1.29, 1.82) is 0 Å². The van der Waals surface area contributed by atoms with Gasteiger partial charge in [-0.3, -0.25) is 4.79 Å². The van der Waals surface area contributed by atoms with Crippen LogP contribution in [-0.4, -0.2) is 5.78 Å². The van der Waals surface area contributed by atoms with Gasteiger partial charge in [-0.25, -0.2) is 4.39 Å². The molecule has 0 saturated heterocycles. The molecule has 0 N–H and O–H groups in total. The Morgan fingerprint density at radius 1 is 0.950 bits per heavy atom. The third-order valence-corrected chi connectivity index (χ3v) is 3.36. The second-order valence-electron chi connectivity index (χ2n) is 5.96. The molecular formula is C18H19FO. The smallest absolute Gasteiger partial charge is 0.201 e. The Morgan fingerprint density at radius 3 is 2.00 bits per heavy atom. The van der Waals surface area contributed by atoms with Gasteiger partial charge in [0.25, 0.3) is 0 Å². The summed E-state index contributed by atoms with van der Waals surface area (Å²) in [6.07, 6.45) is -1.61. The number of hydrogen-bond donors (Lipinski definition) is 0. The molecule has 0 aliphatic rings. The van der Waals surface area contributed by atoms with Crippen molar-refractivity contribution in [2.75, 3.05) is 0 Å². The molecule has 0 bridgehead atoms. The Hall–Kier alpha value is -1.96. The van der Waals surface area contributed by atoms with E-state index in [1.807, 2.05) is 18.2 Å². The average molecular weight is 270 g/mol. The van der Waals surface area contributed by atoms with Crippen LogP contribution in [0.15, 0.2) is 54.6 Å². The van der Waals surface area contributed by atoms with E-state index in [2.05, 4.69) is 20.8 Å². The first kappa shape index (κ1) is 14.4. The molecule has 0 fully saturated rings. The maximum atomic E-state index is 14.3. The van der Waals surface area contributed by atoms with Crippen LogP contribution in [0.5, 0.6) is 0 Å². The van der Waals surface area contributed by atoms with Gasteiger partial charge in [-0.05, 0) is 16.5 Å². The Kier molecular flexibility index (Phi) is 4.03. The van der Waals surface area contributed by atoms with Crippen LogP contribution >= 0.6 is 0 Å². The summed E-state index contributed by atoms with van der Waals surface area (Å²) in [5.74, 6) is -0.492. The van der Waals surface area contributed by atoms with Gasteiger partial charge in [-0.15, -0.1) is 0 Å². The first-order chi connectivity index (χ1) is 9.39. The molecule has 1 atom stereocenters. The molecule has 0 amide bonds.